The van der Waals surface area contributed by atoms with Gasteiger partial charge in [-0.2, -0.15) is 0 Å². The lowest BCUT2D eigenvalue weighted by Crippen LogP contribution is -2.34. The fourth-order valence-electron chi connectivity index (χ4n) is 2.43. The number of hydrogen-bond acceptors (Lipinski definition) is 3. The molecule has 0 radical (unpaired) electrons. The van der Waals surface area contributed by atoms with E-state index in [1.807, 2.05) is 24.3 Å². The maximum absolute atomic E-state index is 11.8. The number of carbonyl (C=O) groups excluding carboxylic acids is 1. The normalized spacial score (nSPS) is 15.2. The van der Waals surface area contributed by atoms with Crippen LogP contribution in [-0.2, 0) is 4.79 Å². The number of nitrogens with one attached hydrogen (secondary N) is 2. The molecule has 4 heteroatoms. The van der Waals surface area contributed by atoms with E-state index >= 15 is 0 Å². The van der Waals surface area contributed by atoms with Crippen LogP contribution < -0.4 is 15.4 Å². The lowest BCUT2D eigenvalue weighted by Gasteiger charge is -2.12. The summed E-state index contributed by atoms with van der Waals surface area (Å²) < 4.78 is 5.51. The van der Waals surface area contributed by atoms with Crippen LogP contribution in [0.2, 0.25) is 0 Å². The maximum Gasteiger partial charge on any atom is 0.238 e. The Morgan fingerprint density at radius 2 is 1.95 bits per heavy atom. The summed E-state index contributed by atoms with van der Waals surface area (Å²) in [5.74, 6) is 0.855. The third-order valence-corrected chi connectivity index (χ3v) is 3.52. The first-order chi connectivity index (χ1) is 9.78. The van der Waals surface area contributed by atoms with Crippen molar-refractivity contribution in [1.29, 1.82) is 0 Å². The van der Waals surface area contributed by atoms with Crippen molar-refractivity contribution >= 4 is 11.6 Å². The standard InChI is InChI=1S/C16H24N2O2/c1-2-11-20-15-9-7-14(8-10-15)18-16(19)12-17-13-5-3-4-6-13/h7-10,13,17H,2-6,11-12H2,1H3,(H,18,19). The molecule has 1 aromatic carbocycles. The summed E-state index contributed by atoms with van der Waals surface area (Å²) in [6, 6.07) is 8.04. The predicted molar refractivity (Wildman–Crippen MR) is 81.1 cm³/mol. The molecule has 0 unspecified atom stereocenters. The molecule has 0 spiro atoms. The van der Waals surface area contributed by atoms with Gasteiger partial charge in [-0.3, -0.25) is 4.79 Å². The Kier molecular flexibility index (Phi) is 5.87. The molecule has 1 aromatic rings. The Morgan fingerprint density at radius 3 is 2.60 bits per heavy atom. The minimum Gasteiger partial charge on any atom is -0.494 e. The van der Waals surface area contributed by atoms with Gasteiger partial charge in [-0.05, 0) is 43.5 Å². The second-order valence-corrected chi connectivity index (χ2v) is 5.28. The number of rotatable bonds is 7. The van der Waals surface area contributed by atoms with E-state index in [0.29, 0.717) is 12.6 Å². The summed E-state index contributed by atoms with van der Waals surface area (Å²) in [5, 5.41) is 6.20. The first kappa shape index (κ1) is 14.9. The van der Waals surface area contributed by atoms with E-state index in [-0.39, 0.29) is 5.91 Å². The van der Waals surface area contributed by atoms with Crippen molar-refractivity contribution < 1.29 is 9.53 Å². The van der Waals surface area contributed by atoms with Gasteiger partial charge in [-0.1, -0.05) is 19.8 Å². The van der Waals surface area contributed by atoms with Crippen molar-refractivity contribution in [3.8, 4) is 5.75 Å². The highest BCUT2D eigenvalue weighted by Crippen LogP contribution is 2.18. The highest BCUT2D eigenvalue weighted by molar-refractivity contribution is 5.92. The average Bonchev–Trinajstić information content (AvgIpc) is 2.98. The van der Waals surface area contributed by atoms with Crippen molar-refractivity contribution in [3.63, 3.8) is 0 Å². The van der Waals surface area contributed by atoms with Crippen molar-refractivity contribution in [2.45, 2.75) is 45.1 Å². The molecule has 0 aliphatic heterocycles. The van der Waals surface area contributed by atoms with Gasteiger partial charge in [0.2, 0.25) is 5.91 Å². The second kappa shape index (κ2) is 7.90. The Balaban J connectivity index is 1.72. The van der Waals surface area contributed by atoms with E-state index in [2.05, 4.69) is 17.6 Å². The van der Waals surface area contributed by atoms with Gasteiger partial charge in [0, 0.05) is 11.7 Å². The van der Waals surface area contributed by atoms with E-state index in [1.54, 1.807) is 0 Å². The van der Waals surface area contributed by atoms with Crippen LogP contribution >= 0.6 is 0 Å². The molecule has 110 valence electrons. The lowest BCUT2D eigenvalue weighted by molar-refractivity contribution is -0.115. The second-order valence-electron chi connectivity index (χ2n) is 5.28. The Morgan fingerprint density at radius 1 is 1.25 bits per heavy atom. The maximum atomic E-state index is 11.8. The van der Waals surface area contributed by atoms with Crippen LogP contribution in [0.4, 0.5) is 5.69 Å². The third kappa shape index (κ3) is 4.85. The SMILES string of the molecule is CCCOc1ccc(NC(=O)CNC2CCCC2)cc1. The topological polar surface area (TPSA) is 50.4 Å². The molecule has 4 nitrogen and oxygen atoms in total. The molecule has 20 heavy (non-hydrogen) atoms. The van der Waals surface area contributed by atoms with Crippen molar-refractivity contribution in [3.05, 3.63) is 24.3 Å². The van der Waals surface area contributed by atoms with Gasteiger partial charge in [0.15, 0.2) is 0 Å². The van der Waals surface area contributed by atoms with Crippen LogP contribution in [-0.4, -0.2) is 25.1 Å². The van der Waals surface area contributed by atoms with Crippen LogP contribution in [0.1, 0.15) is 39.0 Å². The first-order valence-corrected chi connectivity index (χ1v) is 7.54. The van der Waals surface area contributed by atoms with E-state index in [1.165, 1.54) is 25.7 Å². The smallest absolute Gasteiger partial charge is 0.238 e. The van der Waals surface area contributed by atoms with E-state index in [4.69, 9.17) is 4.74 Å². The van der Waals surface area contributed by atoms with Gasteiger partial charge in [-0.25, -0.2) is 0 Å². The molecule has 1 aliphatic rings. The zero-order chi connectivity index (χ0) is 14.2. The highest BCUT2D eigenvalue weighted by Gasteiger charge is 2.15. The fraction of sp³-hybridized carbons (Fsp3) is 0.562. The van der Waals surface area contributed by atoms with E-state index in [9.17, 15) is 4.79 Å². The number of anilines is 1. The van der Waals surface area contributed by atoms with Crippen LogP contribution in [0, 0.1) is 0 Å². The number of carbonyl (C=O) groups is 1. The minimum absolute atomic E-state index is 0.0131. The summed E-state index contributed by atoms with van der Waals surface area (Å²) in [6.07, 6.45) is 5.93. The number of ether oxygens (including phenoxy) is 1. The Bertz CT molecular complexity index is 411. The molecule has 1 aliphatic carbocycles. The highest BCUT2D eigenvalue weighted by atomic mass is 16.5. The average molecular weight is 276 g/mol. The molecular formula is C16H24N2O2. The van der Waals surface area contributed by atoms with Gasteiger partial charge in [0.25, 0.3) is 0 Å². The monoisotopic (exact) mass is 276 g/mol. The Hall–Kier alpha value is -1.55. The summed E-state index contributed by atoms with van der Waals surface area (Å²) in [6.45, 7) is 3.18. The van der Waals surface area contributed by atoms with Crippen molar-refractivity contribution in [2.75, 3.05) is 18.5 Å². The van der Waals surface area contributed by atoms with Crippen molar-refractivity contribution in [1.82, 2.24) is 5.32 Å². The molecular weight excluding hydrogens is 252 g/mol. The largest absolute Gasteiger partial charge is 0.494 e. The van der Waals surface area contributed by atoms with Crippen LogP contribution in [0.3, 0.4) is 0 Å². The first-order valence-electron chi connectivity index (χ1n) is 7.54. The molecule has 2 rings (SSSR count). The molecule has 1 saturated carbocycles. The van der Waals surface area contributed by atoms with Gasteiger partial charge >= 0.3 is 0 Å². The van der Waals surface area contributed by atoms with Crippen LogP contribution in [0.5, 0.6) is 5.75 Å². The summed E-state index contributed by atoms with van der Waals surface area (Å²) >= 11 is 0. The quantitative estimate of drug-likeness (QED) is 0.805. The van der Waals surface area contributed by atoms with Crippen LogP contribution in [0.25, 0.3) is 0 Å². The molecule has 0 atom stereocenters. The van der Waals surface area contributed by atoms with Gasteiger partial charge in [0.1, 0.15) is 5.75 Å². The summed E-state index contributed by atoms with van der Waals surface area (Å²) in [5.41, 5.74) is 0.812. The summed E-state index contributed by atoms with van der Waals surface area (Å²) in [7, 11) is 0. The summed E-state index contributed by atoms with van der Waals surface area (Å²) in [4.78, 5) is 11.8. The fourth-order valence-corrected chi connectivity index (χ4v) is 2.43. The van der Waals surface area contributed by atoms with Crippen molar-refractivity contribution in [2.24, 2.45) is 0 Å². The predicted octanol–water partition coefficient (Wildman–Crippen LogP) is 2.95. The Labute approximate surface area is 120 Å². The third-order valence-electron chi connectivity index (χ3n) is 3.52. The zero-order valence-corrected chi connectivity index (χ0v) is 12.2. The molecule has 0 saturated heterocycles. The lowest BCUT2D eigenvalue weighted by atomic mass is 10.2. The molecule has 2 N–H and O–H groups in total. The number of hydrogen-bond donors (Lipinski definition) is 2. The van der Waals surface area contributed by atoms with Gasteiger partial charge < -0.3 is 15.4 Å². The van der Waals surface area contributed by atoms with E-state index < -0.39 is 0 Å². The number of benzene rings is 1. The molecule has 0 aromatic heterocycles. The van der Waals surface area contributed by atoms with Gasteiger partial charge in [0.05, 0.1) is 13.2 Å². The van der Waals surface area contributed by atoms with Gasteiger partial charge in [-0.15, -0.1) is 0 Å². The van der Waals surface area contributed by atoms with Crippen LogP contribution in [0.15, 0.2) is 24.3 Å². The zero-order valence-electron chi connectivity index (χ0n) is 12.2. The molecule has 0 bridgehead atoms. The minimum atomic E-state index is 0.0131. The number of amides is 1. The molecule has 0 heterocycles. The van der Waals surface area contributed by atoms with E-state index in [0.717, 1.165) is 24.5 Å². The molecule has 1 amide bonds. The molecule has 1 fully saturated rings.